The molecule has 2 saturated heterocycles. The third-order valence-corrected chi connectivity index (χ3v) is 4.69. The van der Waals surface area contributed by atoms with Crippen molar-refractivity contribution >= 4 is 0 Å². The molecule has 8 unspecified atom stereocenters. The average Bonchev–Trinajstić information content (AvgIpc) is 2.69. The molecule has 2 heterocycles. The highest BCUT2D eigenvalue weighted by molar-refractivity contribution is 5.13. The van der Waals surface area contributed by atoms with E-state index in [9.17, 15) is 20.4 Å². The van der Waals surface area contributed by atoms with Crippen LogP contribution in [0.2, 0.25) is 0 Å². The van der Waals surface area contributed by atoms with Gasteiger partial charge >= 0.3 is 0 Å². The van der Waals surface area contributed by atoms with Gasteiger partial charge in [0, 0.05) is 7.11 Å². The standard InChI is InChI=1S/C18H26O9/c1-23-18-16(24-7-10-5-3-2-4-6-10)14(21)12(9-26-18)27-17-15(22)13(20)11(19)8-25-17/h2-6,11-22H,7-9H2,1H3. The zero-order valence-corrected chi connectivity index (χ0v) is 15.0. The van der Waals surface area contributed by atoms with Crippen molar-refractivity contribution in [2.24, 2.45) is 0 Å². The van der Waals surface area contributed by atoms with Crippen molar-refractivity contribution < 1.29 is 44.1 Å². The second-order valence-corrected chi connectivity index (χ2v) is 6.61. The van der Waals surface area contributed by atoms with Gasteiger partial charge in [0.1, 0.15) is 36.6 Å². The number of benzene rings is 1. The molecule has 8 atom stereocenters. The molecular weight excluding hydrogens is 360 g/mol. The van der Waals surface area contributed by atoms with Crippen LogP contribution in [0.15, 0.2) is 30.3 Å². The molecule has 0 spiro atoms. The number of ether oxygens (including phenoxy) is 5. The zero-order valence-electron chi connectivity index (χ0n) is 15.0. The van der Waals surface area contributed by atoms with Crippen molar-refractivity contribution in [3.8, 4) is 0 Å². The molecule has 3 rings (SSSR count). The average molecular weight is 386 g/mol. The monoisotopic (exact) mass is 386 g/mol. The fourth-order valence-corrected chi connectivity index (χ4v) is 3.09. The highest BCUT2D eigenvalue weighted by Crippen LogP contribution is 2.26. The lowest BCUT2D eigenvalue weighted by molar-refractivity contribution is -0.331. The summed E-state index contributed by atoms with van der Waals surface area (Å²) < 4.78 is 27.4. The number of hydrogen-bond donors (Lipinski definition) is 4. The maximum atomic E-state index is 10.7. The Morgan fingerprint density at radius 3 is 2.33 bits per heavy atom. The van der Waals surface area contributed by atoms with Crippen LogP contribution in [0.4, 0.5) is 0 Å². The summed E-state index contributed by atoms with van der Waals surface area (Å²) in [5.41, 5.74) is 0.922. The molecule has 152 valence electrons. The van der Waals surface area contributed by atoms with E-state index in [1.54, 1.807) is 0 Å². The second kappa shape index (κ2) is 9.37. The molecule has 9 heteroatoms. The van der Waals surface area contributed by atoms with Crippen LogP contribution >= 0.6 is 0 Å². The van der Waals surface area contributed by atoms with Gasteiger partial charge in [-0.1, -0.05) is 30.3 Å². The van der Waals surface area contributed by atoms with E-state index in [2.05, 4.69) is 0 Å². The molecule has 0 aromatic heterocycles. The Hall–Kier alpha value is -1.14. The van der Waals surface area contributed by atoms with E-state index in [0.29, 0.717) is 0 Å². The lowest BCUT2D eigenvalue weighted by Crippen LogP contribution is -2.60. The minimum atomic E-state index is -1.45. The number of methoxy groups -OCH3 is 1. The molecule has 27 heavy (non-hydrogen) atoms. The Morgan fingerprint density at radius 1 is 0.926 bits per heavy atom. The van der Waals surface area contributed by atoms with E-state index in [4.69, 9.17) is 23.7 Å². The van der Waals surface area contributed by atoms with Gasteiger partial charge in [-0.2, -0.15) is 0 Å². The summed E-state index contributed by atoms with van der Waals surface area (Å²) in [4.78, 5) is 0. The van der Waals surface area contributed by atoms with Crippen LogP contribution in [0, 0.1) is 0 Å². The van der Waals surface area contributed by atoms with Crippen LogP contribution in [-0.2, 0) is 30.3 Å². The largest absolute Gasteiger partial charge is 0.388 e. The molecule has 4 N–H and O–H groups in total. The summed E-state index contributed by atoms with van der Waals surface area (Å²) in [5, 5.41) is 40.0. The molecule has 9 nitrogen and oxygen atoms in total. The molecule has 0 aliphatic carbocycles. The molecule has 0 saturated carbocycles. The summed E-state index contributed by atoms with van der Waals surface area (Å²) in [7, 11) is 1.45. The Morgan fingerprint density at radius 2 is 1.63 bits per heavy atom. The minimum absolute atomic E-state index is 0.0178. The van der Waals surface area contributed by atoms with Crippen LogP contribution < -0.4 is 0 Å². The van der Waals surface area contributed by atoms with Gasteiger partial charge in [0.25, 0.3) is 0 Å². The van der Waals surface area contributed by atoms with Gasteiger partial charge in [-0.25, -0.2) is 0 Å². The van der Waals surface area contributed by atoms with Gasteiger partial charge in [0.05, 0.1) is 19.8 Å². The third kappa shape index (κ3) is 4.83. The first kappa shape index (κ1) is 20.6. The van der Waals surface area contributed by atoms with Gasteiger partial charge in [-0.3, -0.25) is 0 Å². The molecule has 1 aromatic carbocycles. The first-order valence-electron chi connectivity index (χ1n) is 8.80. The number of rotatable bonds is 6. The fourth-order valence-electron chi connectivity index (χ4n) is 3.09. The normalized spacial score (nSPS) is 40.0. The lowest BCUT2D eigenvalue weighted by Gasteiger charge is -2.42. The molecule has 0 bridgehead atoms. The van der Waals surface area contributed by atoms with E-state index >= 15 is 0 Å². The maximum Gasteiger partial charge on any atom is 0.186 e. The van der Waals surface area contributed by atoms with Gasteiger partial charge in [0.15, 0.2) is 12.6 Å². The van der Waals surface area contributed by atoms with E-state index in [-0.39, 0.29) is 19.8 Å². The predicted octanol–water partition coefficient (Wildman–Crippen LogP) is -1.24. The van der Waals surface area contributed by atoms with E-state index in [1.165, 1.54) is 7.11 Å². The van der Waals surface area contributed by atoms with Crippen molar-refractivity contribution in [1.29, 1.82) is 0 Å². The van der Waals surface area contributed by atoms with Crippen molar-refractivity contribution in [1.82, 2.24) is 0 Å². The highest BCUT2D eigenvalue weighted by atomic mass is 16.7. The van der Waals surface area contributed by atoms with Gasteiger partial charge in [0.2, 0.25) is 0 Å². The van der Waals surface area contributed by atoms with E-state index in [1.807, 2.05) is 30.3 Å². The van der Waals surface area contributed by atoms with Crippen molar-refractivity contribution in [3.05, 3.63) is 35.9 Å². The van der Waals surface area contributed by atoms with Gasteiger partial charge < -0.3 is 44.1 Å². The summed E-state index contributed by atoms with van der Waals surface area (Å²) in [5.74, 6) is 0. The Labute approximate surface area is 157 Å². The Balaban J connectivity index is 1.62. The Bertz CT molecular complexity index is 571. The Kier molecular flexibility index (Phi) is 7.15. The molecule has 0 amide bonds. The molecule has 2 aliphatic rings. The number of hydrogen-bond acceptors (Lipinski definition) is 9. The summed E-state index contributed by atoms with van der Waals surface area (Å²) in [6, 6.07) is 9.45. The first-order chi connectivity index (χ1) is 13.0. The minimum Gasteiger partial charge on any atom is -0.388 e. The van der Waals surface area contributed by atoms with Crippen LogP contribution in [-0.4, -0.2) is 90.0 Å². The molecule has 2 fully saturated rings. The van der Waals surface area contributed by atoms with Crippen molar-refractivity contribution in [2.75, 3.05) is 20.3 Å². The summed E-state index contributed by atoms with van der Waals surface area (Å²) in [6.07, 6.45) is -8.87. The molecular formula is C18H26O9. The number of aliphatic hydroxyl groups excluding tert-OH is 4. The predicted molar refractivity (Wildman–Crippen MR) is 90.4 cm³/mol. The van der Waals surface area contributed by atoms with Crippen LogP contribution in [0.3, 0.4) is 0 Å². The molecule has 1 aromatic rings. The molecule has 0 radical (unpaired) electrons. The maximum absolute atomic E-state index is 10.7. The van der Waals surface area contributed by atoms with Crippen LogP contribution in [0.25, 0.3) is 0 Å². The van der Waals surface area contributed by atoms with Crippen molar-refractivity contribution in [2.45, 2.75) is 55.8 Å². The topological polar surface area (TPSA) is 127 Å². The molecule has 2 aliphatic heterocycles. The second-order valence-electron chi connectivity index (χ2n) is 6.61. The van der Waals surface area contributed by atoms with Crippen LogP contribution in [0.5, 0.6) is 0 Å². The van der Waals surface area contributed by atoms with Crippen molar-refractivity contribution in [3.63, 3.8) is 0 Å². The summed E-state index contributed by atoms with van der Waals surface area (Å²) in [6.45, 7) is 0.0310. The highest BCUT2D eigenvalue weighted by Gasteiger charge is 2.45. The van der Waals surface area contributed by atoms with Gasteiger partial charge in [-0.15, -0.1) is 0 Å². The van der Waals surface area contributed by atoms with Crippen LogP contribution in [0.1, 0.15) is 5.56 Å². The first-order valence-corrected chi connectivity index (χ1v) is 8.80. The van der Waals surface area contributed by atoms with E-state index < -0.39 is 49.2 Å². The quantitative estimate of drug-likeness (QED) is 0.475. The number of aliphatic hydroxyl groups is 4. The third-order valence-electron chi connectivity index (χ3n) is 4.69. The lowest BCUT2D eigenvalue weighted by atomic mass is 10.0. The zero-order chi connectivity index (χ0) is 19.4. The fraction of sp³-hybridized carbons (Fsp3) is 0.667. The SMILES string of the molecule is COC1OCC(OC2OCC(O)C(O)C2O)C(O)C1OCc1ccccc1. The van der Waals surface area contributed by atoms with E-state index in [0.717, 1.165) is 5.56 Å². The summed E-state index contributed by atoms with van der Waals surface area (Å²) >= 11 is 0. The van der Waals surface area contributed by atoms with Gasteiger partial charge in [-0.05, 0) is 5.56 Å². The smallest absolute Gasteiger partial charge is 0.186 e.